The molecular weight excluding hydrogens is 276 g/mol. The molecule has 0 bridgehead atoms. The van der Waals surface area contributed by atoms with E-state index in [1.807, 2.05) is 13.8 Å². The number of piperidine rings is 1. The van der Waals surface area contributed by atoms with Gasteiger partial charge in [0.25, 0.3) is 0 Å². The second kappa shape index (κ2) is 6.12. The Morgan fingerprint density at radius 1 is 1.18 bits per heavy atom. The van der Waals surface area contributed by atoms with E-state index in [9.17, 15) is 10.0 Å². The van der Waals surface area contributed by atoms with Gasteiger partial charge in [-0.2, -0.15) is 0 Å². The number of carbonyl (C=O) groups is 1. The Morgan fingerprint density at radius 3 is 2.36 bits per heavy atom. The van der Waals surface area contributed by atoms with Crippen LogP contribution in [0.5, 0.6) is 0 Å². The topological polar surface area (TPSA) is 52.2 Å². The lowest BCUT2D eigenvalue weighted by Gasteiger charge is -2.58. The van der Waals surface area contributed by atoms with Gasteiger partial charge in [-0.05, 0) is 63.7 Å². The first-order chi connectivity index (χ1) is 10.1. The lowest BCUT2D eigenvalue weighted by Crippen LogP contribution is -2.68. The number of hydrogen-bond acceptors (Lipinski definition) is 2. The molecule has 4 heteroatoms. The number of hydrogen-bond donors (Lipinski definition) is 1. The van der Waals surface area contributed by atoms with Crippen LogP contribution in [-0.4, -0.2) is 28.1 Å². The maximum absolute atomic E-state index is 13.2. The van der Waals surface area contributed by atoms with E-state index >= 15 is 0 Å². The summed E-state index contributed by atoms with van der Waals surface area (Å²) in [5.41, 5.74) is -0.736. The summed E-state index contributed by atoms with van der Waals surface area (Å²) in [5.74, 6) is 1.62. The van der Waals surface area contributed by atoms with Crippen LogP contribution in [0.1, 0.15) is 73.6 Å². The molecule has 4 atom stereocenters. The summed E-state index contributed by atoms with van der Waals surface area (Å²) in [6.45, 7) is 12.4. The SMILES string of the molecule is CC(=O)NC1CC(C)(C)N([O])[C@]2(C1)C[C@H](C(C)C)CC[C@H]2C. The molecule has 2 rings (SSSR count). The van der Waals surface area contributed by atoms with Gasteiger partial charge in [0.1, 0.15) is 0 Å². The molecule has 4 nitrogen and oxygen atoms in total. The number of nitrogens with one attached hydrogen (secondary N) is 1. The van der Waals surface area contributed by atoms with Gasteiger partial charge in [-0.3, -0.25) is 4.79 Å². The molecule has 1 N–H and O–H groups in total. The second-order valence-corrected chi connectivity index (χ2v) is 8.70. The molecule has 1 unspecified atom stereocenters. The van der Waals surface area contributed by atoms with Crippen molar-refractivity contribution >= 4 is 5.91 Å². The molecule has 2 fully saturated rings. The average Bonchev–Trinajstić information content (AvgIpc) is 2.37. The average molecular weight is 309 g/mol. The van der Waals surface area contributed by atoms with Crippen molar-refractivity contribution < 1.29 is 10.0 Å². The maximum atomic E-state index is 13.2. The van der Waals surface area contributed by atoms with Crippen LogP contribution in [0.3, 0.4) is 0 Å². The highest BCUT2D eigenvalue weighted by atomic mass is 16.5. The quantitative estimate of drug-likeness (QED) is 0.848. The van der Waals surface area contributed by atoms with Crippen molar-refractivity contribution in [3.05, 3.63) is 0 Å². The predicted octanol–water partition coefficient (Wildman–Crippen LogP) is 3.54. The minimum Gasteiger partial charge on any atom is -0.353 e. The van der Waals surface area contributed by atoms with Crippen molar-refractivity contribution in [2.45, 2.75) is 90.8 Å². The molecule has 2 aliphatic rings. The number of carbonyl (C=O) groups excluding carboxylic acids is 1. The normalized spacial score (nSPS) is 39.2. The first-order valence-electron chi connectivity index (χ1n) is 8.83. The zero-order chi connectivity index (χ0) is 16.7. The van der Waals surface area contributed by atoms with Crippen LogP contribution in [0.15, 0.2) is 0 Å². The predicted molar refractivity (Wildman–Crippen MR) is 87.5 cm³/mol. The fourth-order valence-electron chi connectivity index (χ4n) is 4.89. The molecule has 1 amide bonds. The van der Waals surface area contributed by atoms with E-state index in [0.29, 0.717) is 17.8 Å². The summed E-state index contributed by atoms with van der Waals surface area (Å²) in [7, 11) is 0. The Labute approximate surface area is 135 Å². The highest BCUT2D eigenvalue weighted by Crippen LogP contribution is 2.51. The van der Waals surface area contributed by atoms with Gasteiger partial charge >= 0.3 is 0 Å². The molecule has 0 aromatic rings. The molecule has 1 spiro atoms. The van der Waals surface area contributed by atoms with Crippen LogP contribution in [0.2, 0.25) is 0 Å². The van der Waals surface area contributed by atoms with E-state index in [-0.39, 0.29) is 17.5 Å². The van der Waals surface area contributed by atoms with E-state index in [1.165, 1.54) is 11.5 Å². The minimum atomic E-state index is -0.418. The van der Waals surface area contributed by atoms with Crippen molar-refractivity contribution in [2.24, 2.45) is 17.8 Å². The molecule has 22 heavy (non-hydrogen) atoms. The van der Waals surface area contributed by atoms with Crippen molar-refractivity contribution in [3.63, 3.8) is 0 Å². The standard InChI is InChI=1S/C18H33N2O2/c1-12(2)15-8-7-13(3)18(9-15)11-16(19-14(4)21)10-17(5,6)20(18)22/h12-13,15-16H,7-11H2,1-6H3,(H,19,21)/t13-,15-,16?,18+/m1/s1. The van der Waals surface area contributed by atoms with Crippen molar-refractivity contribution in [1.29, 1.82) is 0 Å². The Kier molecular flexibility index (Phi) is 4.94. The minimum absolute atomic E-state index is 0.0131. The molecule has 1 saturated heterocycles. The second-order valence-electron chi connectivity index (χ2n) is 8.70. The Balaban J connectivity index is 2.32. The summed E-state index contributed by atoms with van der Waals surface area (Å²) in [4.78, 5) is 11.5. The summed E-state index contributed by atoms with van der Waals surface area (Å²) in [6, 6.07) is 0.117. The van der Waals surface area contributed by atoms with E-state index in [1.54, 1.807) is 6.92 Å². The first kappa shape index (κ1) is 17.7. The Bertz CT molecular complexity index is 421. The number of nitrogens with zero attached hydrogens (tertiary/aromatic N) is 1. The van der Waals surface area contributed by atoms with Crippen molar-refractivity contribution in [2.75, 3.05) is 0 Å². The van der Waals surface area contributed by atoms with Gasteiger partial charge in [0.2, 0.25) is 5.91 Å². The van der Waals surface area contributed by atoms with Crippen LogP contribution in [-0.2, 0) is 10.0 Å². The summed E-state index contributed by atoms with van der Waals surface area (Å²) < 4.78 is 0. The third-order valence-electron chi connectivity index (χ3n) is 6.15. The summed E-state index contributed by atoms with van der Waals surface area (Å²) in [5, 5.41) is 17.7. The van der Waals surface area contributed by atoms with Crippen LogP contribution < -0.4 is 5.32 Å². The molecule has 1 saturated carbocycles. The maximum Gasteiger partial charge on any atom is 0.217 e. The van der Waals surface area contributed by atoms with Gasteiger partial charge < -0.3 is 5.32 Å². The fraction of sp³-hybridized carbons (Fsp3) is 0.944. The smallest absolute Gasteiger partial charge is 0.217 e. The molecule has 0 aromatic carbocycles. The van der Waals surface area contributed by atoms with Crippen LogP contribution in [0.25, 0.3) is 0 Å². The summed E-state index contributed by atoms with van der Waals surface area (Å²) in [6.07, 6.45) is 4.83. The third-order valence-corrected chi connectivity index (χ3v) is 6.15. The van der Waals surface area contributed by atoms with Gasteiger partial charge in [0.15, 0.2) is 0 Å². The molecule has 1 aliphatic heterocycles. The van der Waals surface area contributed by atoms with Gasteiger partial charge in [-0.15, -0.1) is 10.3 Å². The molecule has 1 aliphatic carbocycles. The third kappa shape index (κ3) is 3.18. The first-order valence-corrected chi connectivity index (χ1v) is 8.83. The van der Waals surface area contributed by atoms with E-state index in [0.717, 1.165) is 25.7 Å². The number of hydroxylamine groups is 2. The van der Waals surface area contributed by atoms with Crippen LogP contribution >= 0.6 is 0 Å². The van der Waals surface area contributed by atoms with E-state index in [4.69, 9.17) is 0 Å². The fourth-order valence-corrected chi connectivity index (χ4v) is 4.89. The van der Waals surface area contributed by atoms with Crippen molar-refractivity contribution in [3.8, 4) is 0 Å². The zero-order valence-electron chi connectivity index (χ0n) is 15.1. The lowest BCUT2D eigenvalue weighted by atomic mass is 9.60. The molecular formula is C18H33N2O2. The Morgan fingerprint density at radius 2 is 1.82 bits per heavy atom. The van der Waals surface area contributed by atoms with Gasteiger partial charge in [0, 0.05) is 18.5 Å². The number of amides is 1. The number of rotatable bonds is 2. The Hall–Kier alpha value is -0.610. The summed E-state index contributed by atoms with van der Waals surface area (Å²) >= 11 is 0. The van der Waals surface area contributed by atoms with Gasteiger partial charge in [0.05, 0.1) is 5.54 Å². The van der Waals surface area contributed by atoms with Crippen molar-refractivity contribution in [1.82, 2.24) is 10.4 Å². The van der Waals surface area contributed by atoms with E-state index in [2.05, 4.69) is 26.1 Å². The lowest BCUT2D eigenvalue weighted by molar-refractivity contribution is -0.320. The molecule has 1 heterocycles. The van der Waals surface area contributed by atoms with Gasteiger partial charge in [-0.25, -0.2) is 0 Å². The highest BCUT2D eigenvalue weighted by molar-refractivity contribution is 5.73. The van der Waals surface area contributed by atoms with Crippen LogP contribution in [0, 0.1) is 17.8 Å². The van der Waals surface area contributed by atoms with Gasteiger partial charge in [-0.1, -0.05) is 20.8 Å². The monoisotopic (exact) mass is 309 g/mol. The zero-order valence-corrected chi connectivity index (χ0v) is 15.1. The van der Waals surface area contributed by atoms with Crippen LogP contribution in [0.4, 0.5) is 0 Å². The molecule has 127 valence electrons. The van der Waals surface area contributed by atoms with E-state index < -0.39 is 5.54 Å². The largest absolute Gasteiger partial charge is 0.353 e. The molecule has 1 radical (unpaired) electrons. The molecule has 0 aromatic heterocycles. The highest BCUT2D eigenvalue weighted by Gasteiger charge is 2.56.